The van der Waals surface area contributed by atoms with Gasteiger partial charge in [0.05, 0.1) is 10.8 Å². The average molecular weight is 309 g/mol. The zero-order valence-corrected chi connectivity index (χ0v) is 12.8. The zero-order chi connectivity index (χ0) is 15.7. The number of carboxylic acids is 1. The molecular formula is C15H16FNO3S. The van der Waals surface area contributed by atoms with Gasteiger partial charge in [0, 0.05) is 18.3 Å². The number of hydrogen-bond acceptors (Lipinski definition) is 3. The lowest BCUT2D eigenvalue weighted by molar-refractivity contribution is -0.141. The summed E-state index contributed by atoms with van der Waals surface area (Å²) in [6, 6.07) is 4.43. The molecule has 0 radical (unpaired) electrons. The number of carboxylic acid groups (broad SMARTS) is 1. The minimum Gasteiger partial charge on any atom is -0.481 e. The molecule has 2 rings (SSSR count). The van der Waals surface area contributed by atoms with E-state index < -0.39 is 11.9 Å². The van der Waals surface area contributed by atoms with E-state index in [4.69, 9.17) is 5.11 Å². The number of fused-ring (bicyclic) bond motifs is 1. The minimum absolute atomic E-state index is 0.135. The number of thiophene rings is 1. The Morgan fingerprint density at radius 3 is 2.71 bits per heavy atom. The molecule has 0 aliphatic heterocycles. The Balaban J connectivity index is 2.31. The van der Waals surface area contributed by atoms with Crippen LogP contribution < -0.4 is 0 Å². The quantitative estimate of drug-likeness (QED) is 0.944. The largest absolute Gasteiger partial charge is 0.481 e. The monoisotopic (exact) mass is 309 g/mol. The van der Waals surface area contributed by atoms with Gasteiger partial charge in [-0.25, -0.2) is 4.39 Å². The van der Waals surface area contributed by atoms with Crippen LogP contribution >= 0.6 is 11.3 Å². The fourth-order valence-electron chi connectivity index (χ4n) is 2.14. The normalized spacial score (nSPS) is 12.4. The average Bonchev–Trinajstić information content (AvgIpc) is 2.75. The number of benzene rings is 1. The van der Waals surface area contributed by atoms with Crippen LogP contribution in [0.2, 0.25) is 0 Å². The second kappa shape index (κ2) is 5.81. The number of carbonyl (C=O) groups is 2. The Morgan fingerprint density at radius 2 is 2.10 bits per heavy atom. The predicted molar refractivity (Wildman–Crippen MR) is 80.3 cm³/mol. The van der Waals surface area contributed by atoms with Crippen LogP contribution in [-0.4, -0.2) is 35.5 Å². The highest BCUT2D eigenvalue weighted by Gasteiger charge is 2.22. The van der Waals surface area contributed by atoms with Crippen molar-refractivity contribution in [2.75, 3.05) is 13.6 Å². The molecule has 2 aromatic rings. The summed E-state index contributed by atoms with van der Waals surface area (Å²) in [6.07, 6.45) is 0. The van der Waals surface area contributed by atoms with Crippen molar-refractivity contribution in [3.05, 3.63) is 34.5 Å². The second-order valence-electron chi connectivity index (χ2n) is 5.12. The molecular weight excluding hydrogens is 293 g/mol. The molecule has 1 amide bonds. The van der Waals surface area contributed by atoms with Crippen LogP contribution in [0.5, 0.6) is 0 Å². The number of aliphatic carboxylic acids is 1. The fraction of sp³-hybridized carbons (Fsp3) is 0.333. The highest BCUT2D eigenvalue weighted by Crippen LogP contribution is 2.32. The summed E-state index contributed by atoms with van der Waals surface area (Å²) in [4.78, 5) is 25.2. The van der Waals surface area contributed by atoms with Crippen molar-refractivity contribution < 1.29 is 19.1 Å². The topological polar surface area (TPSA) is 57.6 Å². The van der Waals surface area contributed by atoms with Gasteiger partial charge in [-0.05, 0) is 36.1 Å². The Labute approximate surface area is 125 Å². The first-order chi connectivity index (χ1) is 9.81. The highest BCUT2D eigenvalue weighted by atomic mass is 32.1. The molecule has 0 saturated heterocycles. The van der Waals surface area contributed by atoms with E-state index in [1.54, 1.807) is 27.0 Å². The summed E-state index contributed by atoms with van der Waals surface area (Å²) in [7, 11) is 1.58. The number of halogens is 1. The van der Waals surface area contributed by atoms with Gasteiger partial charge in [0.25, 0.3) is 5.91 Å². The van der Waals surface area contributed by atoms with Crippen LogP contribution in [0.15, 0.2) is 18.2 Å². The Bertz CT molecular complexity index is 710. The lowest BCUT2D eigenvalue weighted by Gasteiger charge is -2.19. The minimum atomic E-state index is -0.940. The summed E-state index contributed by atoms with van der Waals surface area (Å²) >= 11 is 1.30. The standard InChI is InChI=1S/C15H16FNO3S/c1-8(15(19)20)7-17(3)14(18)13-9(2)11-6-10(16)4-5-12(11)21-13/h4-6,8H,7H2,1-3H3,(H,19,20). The summed E-state index contributed by atoms with van der Waals surface area (Å²) in [6.45, 7) is 3.47. The molecule has 21 heavy (non-hydrogen) atoms. The van der Waals surface area contributed by atoms with E-state index in [1.807, 2.05) is 0 Å². The van der Waals surface area contributed by atoms with Gasteiger partial charge in [-0.1, -0.05) is 6.92 Å². The summed E-state index contributed by atoms with van der Waals surface area (Å²) < 4.78 is 14.1. The van der Waals surface area contributed by atoms with Crippen molar-refractivity contribution in [1.29, 1.82) is 0 Å². The number of carbonyl (C=O) groups excluding carboxylic acids is 1. The van der Waals surface area contributed by atoms with Crippen molar-refractivity contribution in [2.45, 2.75) is 13.8 Å². The van der Waals surface area contributed by atoms with Gasteiger partial charge in [-0.3, -0.25) is 9.59 Å². The van der Waals surface area contributed by atoms with E-state index in [0.29, 0.717) is 4.88 Å². The Kier molecular flexibility index (Phi) is 4.27. The fourth-order valence-corrected chi connectivity index (χ4v) is 3.33. The Hall–Kier alpha value is -1.95. The summed E-state index contributed by atoms with van der Waals surface area (Å²) in [5.74, 6) is -2.15. The maximum atomic E-state index is 13.3. The van der Waals surface area contributed by atoms with Crippen LogP contribution in [0.3, 0.4) is 0 Å². The number of aryl methyl sites for hydroxylation is 1. The Morgan fingerprint density at radius 1 is 1.43 bits per heavy atom. The van der Waals surface area contributed by atoms with E-state index in [0.717, 1.165) is 15.6 Å². The molecule has 1 N–H and O–H groups in total. The molecule has 4 nitrogen and oxygen atoms in total. The molecule has 0 aliphatic carbocycles. The molecule has 1 unspecified atom stereocenters. The highest BCUT2D eigenvalue weighted by molar-refractivity contribution is 7.21. The first-order valence-electron chi connectivity index (χ1n) is 6.48. The van der Waals surface area contributed by atoms with E-state index in [-0.39, 0.29) is 18.3 Å². The molecule has 1 aromatic carbocycles. The number of hydrogen-bond donors (Lipinski definition) is 1. The molecule has 6 heteroatoms. The number of nitrogens with zero attached hydrogens (tertiary/aromatic N) is 1. The van der Waals surface area contributed by atoms with Crippen molar-refractivity contribution in [3.8, 4) is 0 Å². The van der Waals surface area contributed by atoms with Gasteiger partial charge in [-0.2, -0.15) is 0 Å². The SMILES string of the molecule is Cc1c(C(=O)N(C)CC(C)C(=O)O)sc2ccc(F)cc12. The van der Waals surface area contributed by atoms with Crippen LogP contribution in [0.1, 0.15) is 22.2 Å². The third-order valence-electron chi connectivity index (χ3n) is 3.41. The van der Waals surface area contributed by atoms with Gasteiger partial charge in [0.2, 0.25) is 0 Å². The van der Waals surface area contributed by atoms with Gasteiger partial charge < -0.3 is 10.0 Å². The summed E-state index contributed by atoms with van der Waals surface area (Å²) in [5.41, 5.74) is 0.731. The van der Waals surface area contributed by atoms with E-state index in [9.17, 15) is 14.0 Å². The molecule has 0 aliphatic rings. The van der Waals surface area contributed by atoms with Gasteiger partial charge >= 0.3 is 5.97 Å². The molecule has 1 atom stereocenters. The van der Waals surface area contributed by atoms with Crippen molar-refractivity contribution in [2.24, 2.45) is 5.92 Å². The van der Waals surface area contributed by atoms with Crippen LogP contribution in [0, 0.1) is 18.7 Å². The lowest BCUT2D eigenvalue weighted by atomic mass is 10.1. The molecule has 0 saturated carbocycles. The second-order valence-corrected chi connectivity index (χ2v) is 6.17. The number of rotatable bonds is 4. The molecule has 1 heterocycles. The molecule has 112 valence electrons. The smallest absolute Gasteiger partial charge is 0.308 e. The maximum Gasteiger partial charge on any atom is 0.308 e. The molecule has 0 fully saturated rings. The van der Waals surface area contributed by atoms with Crippen molar-refractivity contribution in [3.63, 3.8) is 0 Å². The van der Waals surface area contributed by atoms with E-state index >= 15 is 0 Å². The maximum absolute atomic E-state index is 13.3. The first kappa shape index (κ1) is 15.4. The van der Waals surface area contributed by atoms with Crippen molar-refractivity contribution in [1.82, 2.24) is 4.90 Å². The zero-order valence-electron chi connectivity index (χ0n) is 12.0. The van der Waals surface area contributed by atoms with Gasteiger partial charge in [-0.15, -0.1) is 11.3 Å². The van der Waals surface area contributed by atoms with Crippen molar-refractivity contribution >= 4 is 33.3 Å². The van der Waals surface area contributed by atoms with E-state index in [2.05, 4.69) is 0 Å². The molecule has 0 bridgehead atoms. The first-order valence-corrected chi connectivity index (χ1v) is 7.29. The van der Waals surface area contributed by atoms with Crippen LogP contribution in [0.25, 0.3) is 10.1 Å². The van der Waals surface area contributed by atoms with Crippen LogP contribution in [-0.2, 0) is 4.79 Å². The van der Waals surface area contributed by atoms with Gasteiger partial charge in [0.1, 0.15) is 5.82 Å². The third kappa shape index (κ3) is 3.05. The molecule has 0 spiro atoms. The summed E-state index contributed by atoms with van der Waals surface area (Å²) in [5, 5.41) is 9.63. The predicted octanol–water partition coefficient (Wildman–Crippen LogP) is 3.14. The lowest BCUT2D eigenvalue weighted by Crippen LogP contribution is -2.33. The number of amides is 1. The van der Waals surface area contributed by atoms with Crippen LogP contribution in [0.4, 0.5) is 4.39 Å². The van der Waals surface area contributed by atoms with E-state index in [1.165, 1.54) is 28.4 Å². The third-order valence-corrected chi connectivity index (χ3v) is 4.67. The molecule has 1 aromatic heterocycles. The van der Waals surface area contributed by atoms with Gasteiger partial charge in [0.15, 0.2) is 0 Å².